The van der Waals surface area contributed by atoms with Crippen LogP contribution in [0.2, 0.25) is 0 Å². The Hall–Kier alpha value is -1.48. The highest BCUT2D eigenvalue weighted by Crippen LogP contribution is 2.41. The Bertz CT molecular complexity index is 572. The highest BCUT2D eigenvalue weighted by molar-refractivity contribution is 8.03. The first kappa shape index (κ1) is 15.9. The lowest BCUT2D eigenvalue weighted by Gasteiger charge is -2.34. The summed E-state index contributed by atoms with van der Waals surface area (Å²) in [5, 5.41) is 0. The Labute approximate surface area is 132 Å². The third-order valence-electron chi connectivity index (χ3n) is 3.80. The van der Waals surface area contributed by atoms with E-state index < -0.39 is 0 Å². The number of nitrogens with zero attached hydrogens (tertiary/aromatic N) is 2. The van der Waals surface area contributed by atoms with Crippen LogP contribution in [-0.4, -0.2) is 9.55 Å². The molecule has 0 fully saturated rings. The molecule has 0 radical (unpaired) electrons. The summed E-state index contributed by atoms with van der Waals surface area (Å²) in [6.07, 6.45) is 8.91. The standard InChI is InChI=1S/C18H24N2S/c1-5-16-7-9-17(10-8-16)13-18(6-2,21-15(3)4)20-12-11-19-14-20/h7-12,14H,3,5-6,13H2,1-2,4H3. The predicted molar refractivity (Wildman–Crippen MR) is 92.4 cm³/mol. The van der Waals surface area contributed by atoms with E-state index in [2.05, 4.69) is 67.4 Å². The van der Waals surface area contributed by atoms with Gasteiger partial charge in [0.05, 0.1) is 11.2 Å². The number of imidazole rings is 1. The number of aromatic nitrogens is 2. The van der Waals surface area contributed by atoms with Crippen LogP contribution in [0.3, 0.4) is 0 Å². The van der Waals surface area contributed by atoms with E-state index in [0.29, 0.717) is 0 Å². The first-order chi connectivity index (χ1) is 10.1. The number of allylic oxidation sites excluding steroid dienone is 1. The molecule has 1 aromatic heterocycles. The molecule has 0 N–H and O–H groups in total. The minimum absolute atomic E-state index is 0.0456. The molecule has 21 heavy (non-hydrogen) atoms. The lowest BCUT2D eigenvalue weighted by atomic mass is 10.0. The van der Waals surface area contributed by atoms with Gasteiger partial charge in [-0.25, -0.2) is 4.98 Å². The van der Waals surface area contributed by atoms with E-state index in [-0.39, 0.29) is 4.87 Å². The van der Waals surface area contributed by atoms with Crippen molar-refractivity contribution in [3.63, 3.8) is 0 Å². The van der Waals surface area contributed by atoms with E-state index in [9.17, 15) is 0 Å². The zero-order chi connectivity index (χ0) is 15.3. The van der Waals surface area contributed by atoms with Crippen LogP contribution >= 0.6 is 11.8 Å². The Kier molecular flexibility index (Phi) is 5.29. The van der Waals surface area contributed by atoms with E-state index >= 15 is 0 Å². The van der Waals surface area contributed by atoms with Gasteiger partial charge in [0.15, 0.2) is 0 Å². The van der Waals surface area contributed by atoms with Crippen LogP contribution in [0, 0.1) is 0 Å². The van der Waals surface area contributed by atoms with Gasteiger partial charge in [-0.3, -0.25) is 0 Å². The number of hydrogen-bond donors (Lipinski definition) is 0. The molecule has 2 rings (SSSR count). The van der Waals surface area contributed by atoms with Crippen molar-refractivity contribution >= 4 is 11.8 Å². The molecule has 0 bridgehead atoms. The molecule has 0 saturated carbocycles. The van der Waals surface area contributed by atoms with Gasteiger partial charge < -0.3 is 4.57 Å². The van der Waals surface area contributed by atoms with Crippen LogP contribution < -0.4 is 0 Å². The summed E-state index contributed by atoms with van der Waals surface area (Å²) < 4.78 is 2.22. The predicted octanol–water partition coefficient (Wildman–Crippen LogP) is 5.02. The van der Waals surface area contributed by atoms with Crippen LogP contribution in [0.4, 0.5) is 0 Å². The molecule has 0 aliphatic heterocycles. The van der Waals surface area contributed by atoms with E-state index in [0.717, 1.165) is 24.2 Å². The summed E-state index contributed by atoms with van der Waals surface area (Å²) in [7, 11) is 0. The van der Waals surface area contributed by atoms with Gasteiger partial charge in [0, 0.05) is 18.8 Å². The van der Waals surface area contributed by atoms with Crippen molar-refractivity contribution in [2.75, 3.05) is 0 Å². The quantitative estimate of drug-likeness (QED) is 0.714. The van der Waals surface area contributed by atoms with E-state index in [1.807, 2.05) is 24.3 Å². The molecule has 2 aromatic rings. The van der Waals surface area contributed by atoms with Gasteiger partial charge in [-0.05, 0) is 35.8 Å². The van der Waals surface area contributed by atoms with Gasteiger partial charge in [0.2, 0.25) is 0 Å². The molecule has 0 aliphatic carbocycles. The molecule has 0 aliphatic rings. The van der Waals surface area contributed by atoms with E-state index in [1.54, 1.807) is 0 Å². The first-order valence-corrected chi connectivity index (χ1v) is 8.32. The number of benzene rings is 1. The molecule has 0 saturated heterocycles. The summed E-state index contributed by atoms with van der Waals surface area (Å²) in [5.74, 6) is 0. The van der Waals surface area contributed by atoms with Crippen molar-refractivity contribution in [1.29, 1.82) is 0 Å². The van der Waals surface area contributed by atoms with Crippen LogP contribution in [0.1, 0.15) is 38.3 Å². The molecule has 0 spiro atoms. The van der Waals surface area contributed by atoms with Gasteiger partial charge in [0.25, 0.3) is 0 Å². The van der Waals surface area contributed by atoms with Gasteiger partial charge >= 0.3 is 0 Å². The highest BCUT2D eigenvalue weighted by Gasteiger charge is 2.31. The lowest BCUT2D eigenvalue weighted by Crippen LogP contribution is -2.31. The van der Waals surface area contributed by atoms with Crippen LogP contribution in [0.5, 0.6) is 0 Å². The molecule has 3 heteroatoms. The smallest absolute Gasteiger partial charge is 0.0992 e. The maximum absolute atomic E-state index is 4.23. The van der Waals surface area contributed by atoms with Gasteiger partial charge in [-0.2, -0.15) is 0 Å². The average Bonchev–Trinajstić information content (AvgIpc) is 3.01. The van der Waals surface area contributed by atoms with Crippen molar-refractivity contribution in [2.45, 2.75) is 44.9 Å². The second kappa shape index (κ2) is 6.99. The molecular weight excluding hydrogens is 276 g/mol. The lowest BCUT2D eigenvalue weighted by molar-refractivity contribution is 0.426. The first-order valence-electron chi connectivity index (χ1n) is 7.50. The third kappa shape index (κ3) is 3.79. The fourth-order valence-corrected chi connectivity index (χ4v) is 3.84. The summed E-state index contributed by atoms with van der Waals surface area (Å²) >= 11 is 1.84. The number of aryl methyl sites for hydroxylation is 1. The number of thioether (sulfide) groups is 1. The minimum atomic E-state index is -0.0456. The monoisotopic (exact) mass is 300 g/mol. The molecule has 0 amide bonds. The summed E-state index contributed by atoms with van der Waals surface area (Å²) in [6, 6.07) is 8.96. The number of rotatable bonds is 7. The van der Waals surface area contributed by atoms with Gasteiger partial charge in [-0.15, -0.1) is 11.8 Å². The maximum atomic E-state index is 4.23. The van der Waals surface area contributed by atoms with Crippen molar-refractivity contribution in [3.05, 3.63) is 65.6 Å². The molecule has 1 atom stereocenters. The zero-order valence-electron chi connectivity index (χ0n) is 13.2. The van der Waals surface area contributed by atoms with E-state index in [1.165, 1.54) is 11.1 Å². The second-order valence-corrected chi connectivity index (χ2v) is 7.08. The largest absolute Gasteiger partial charge is 0.322 e. The van der Waals surface area contributed by atoms with E-state index in [4.69, 9.17) is 0 Å². The normalized spacial score (nSPS) is 13.9. The van der Waals surface area contributed by atoms with Crippen molar-refractivity contribution in [3.8, 4) is 0 Å². The summed E-state index contributed by atoms with van der Waals surface area (Å²) in [5.41, 5.74) is 2.74. The molecule has 112 valence electrons. The van der Waals surface area contributed by atoms with Gasteiger partial charge in [0.1, 0.15) is 0 Å². The molecule has 1 unspecified atom stereocenters. The highest BCUT2D eigenvalue weighted by atomic mass is 32.2. The van der Waals surface area contributed by atoms with Crippen molar-refractivity contribution < 1.29 is 0 Å². The van der Waals surface area contributed by atoms with Crippen molar-refractivity contribution in [2.24, 2.45) is 0 Å². The topological polar surface area (TPSA) is 17.8 Å². The summed E-state index contributed by atoms with van der Waals surface area (Å²) in [4.78, 5) is 5.32. The molecule has 1 aromatic carbocycles. The SMILES string of the molecule is C=C(C)SC(CC)(Cc1ccc(CC)cc1)n1ccnc1. The average molecular weight is 300 g/mol. The van der Waals surface area contributed by atoms with Crippen LogP contribution in [0.15, 0.2) is 54.5 Å². The Morgan fingerprint density at radius 3 is 2.38 bits per heavy atom. The fourth-order valence-electron chi connectivity index (χ4n) is 2.60. The minimum Gasteiger partial charge on any atom is -0.322 e. The van der Waals surface area contributed by atoms with Crippen LogP contribution in [0.25, 0.3) is 0 Å². The zero-order valence-corrected chi connectivity index (χ0v) is 14.0. The van der Waals surface area contributed by atoms with Gasteiger partial charge in [-0.1, -0.05) is 44.7 Å². The Balaban J connectivity index is 2.32. The molecule has 2 nitrogen and oxygen atoms in total. The second-order valence-electron chi connectivity index (χ2n) is 5.42. The number of hydrogen-bond acceptors (Lipinski definition) is 2. The third-order valence-corrected chi connectivity index (χ3v) is 5.18. The van der Waals surface area contributed by atoms with Crippen LogP contribution in [-0.2, 0) is 17.7 Å². The fraction of sp³-hybridized carbons (Fsp3) is 0.389. The summed E-state index contributed by atoms with van der Waals surface area (Å²) in [6.45, 7) is 10.6. The van der Waals surface area contributed by atoms with Crippen molar-refractivity contribution in [1.82, 2.24) is 9.55 Å². The maximum Gasteiger partial charge on any atom is 0.0992 e. The molecular formula is C18H24N2S. The Morgan fingerprint density at radius 1 is 1.24 bits per heavy atom. The Morgan fingerprint density at radius 2 is 1.90 bits per heavy atom. The molecule has 1 heterocycles.